The molecule has 3 nitrogen and oxygen atoms in total. The highest BCUT2D eigenvalue weighted by molar-refractivity contribution is 4.81. The van der Waals surface area contributed by atoms with Gasteiger partial charge in [-0.3, -0.25) is 0 Å². The standard InChI is InChI=1S/C17H32N2O/c1-15-13-17(14-15)20-16-5-9-19(10-6-16)12-11-18-7-3-2-4-8-18/h15-17H,2-14H2,1H3. The molecule has 3 aliphatic rings. The first-order chi connectivity index (χ1) is 9.79. The van der Waals surface area contributed by atoms with Gasteiger partial charge < -0.3 is 14.5 Å². The van der Waals surface area contributed by atoms with E-state index in [1.54, 1.807) is 0 Å². The Kier molecular flexibility index (Phi) is 5.36. The minimum Gasteiger partial charge on any atom is -0.375 e. The van der Waals surface area contributed by atoms with Crippen molar-refractivity contribution >= 4 is 0 Å². The van der Waals surface area contributed by atoms with Crippen LogP contribution in [-0.2, 0) is 4.74 Å². The molecule has 0 aromatic heterocycles. The van der Waals surface area contributed by atoms with Gasteiger partial charge in [-0.15, -0.1) is 0 Å². The maximum atomic E-state index is 6.20. The van der Waals surface area contributed by atoms with E-state index in [9.17, 15) is 0 Å². The van der Waals surface area contributed by atoms with E-state index in [-0.39, 0.29) is 0 Å². The van der Waals surface area contributed by atoms with Crippen LogP contribution < -0.4 is 0 Å². The molecular formula is C17H32N2O. The molecular weight excluding hydrogens is 248 g/mol. The molecule has 2 heterocycles. The van der Waals surface area contributed by atoms with Gasteiger partial charge in [0.2, 0.25) is 0 Å². The lowest BCUT2D eigenvalue weighted by Gasteiger charge is -2.39. The topological polar surface area (TPSA) is 15.7 Å². The molecule has 3 fully saturated rings. The predicted molar refractivity (Wildman–Crippen MR) is 83.0 cm³/mol. The lowest BCUT2D eigenvalue weighted by molar-refractivity contribution is -0.0907. The molecule has 1 aliphatic carbocycles. The van der Waals surface area contributed by atoms with Crippen molar-refractivity contribution in [3.05, 3.63) is 0 Å². The number of piperidine rings is 2. The Morgan fingerprint density at radius 1 is 0.800 bits per heavy atom. The van der Waals surface area contributed by atoms with Crippen molar-refractivity contribution in [3.63, 3.8) is 0 Å². The summed E-state index contributed by atoms with van der Waals surface area (Å²) in [5.74, 6) is 0.907. The van der Waals surface area contributed by atoms with Crippen LogP contribution in [0.25, 0.3) is 0 Å². The molecule has 0 unspecified atom stereocenters. The van der Waals surface area contributed by atoms with Crippen LogP contribution in [0.2, 0.25) is 0 Å². The summed E-state index contributed by atoms with van der Waals surface area (Å²) in [6.07, 6.45) is 10.5. The lowest BCUT2D eigenvalue weighted by atomic mass is 9.84. The van der Waals surface area contributed by atoms with E-state index in [0.717, 1.165) is 5.92 Å². The molecule has 0 bridgehead atoms. The number of likely N-dealkylation sites (tertiary alicyclic amines) is 2. The molecule has 0 spiro atoms. The van der Waals surface area contributed by atoms with Gasteiger partial charge in [0.25, 0.3) is 0 Å². The van der Waals surface area contributed by atoms with Crippen LogP contribution in [-0.4, -0.2) is 61.3 Å². The highest BCUT2D eigenvalue weighted by Crippen LogP contribution is 2.31. The van der Waals surface area contributed by atoms with Crippen molar-refractivity contribution in [1.29, 1.82) is 0 Å². The minimum absolute atomic E-state index is 0.554. The average molecular weight is 280 g/mol. The van der Waals surface area contributed by atoms with Gasteiger partial charge >= 0.3 is 0 Å². The quantitative estimate of drug-likeness (QED) is 0.770. The summed E-state index contributed by atoms with van der Waals surface area (Å²) >= 11 is 0. The van der Waals surface area contributed by atoms with Crippen LogP contribution >= 0.6 is 0 Å². The summed E-state index contributed by atoms with van der Waals surface area (Å²) in [7, 11) is 0. The van der Waals surface area contributed by atoms with Crippen LogP contribution in [0.1, 0.15) is 51.9 Å². The second-order valence-electron chi connectivity index (χ2n) is 7.28. The Morgan fingerprint density at radius 3 is 2.00 bits per heavy atom. The summed E-state index contributed by atoms with van der Waals surface area (Å²) in [5, 5.41) is 0. The van der Waals surface area contributed by atoms with Crippen molar-refractivity contribution in [2.75, 3.05) is 39.3 Å². The maximum Gasteiger partial charge on any atom is 0.0603 e. The molecule has 0 amide bonds. The van der Waals surface area contributed by atoms with Crippen molar-refractivity contribution in [2.45, 2.75) is 64.1 Å². The summed E-state index contributed by atoms with van der Waals surface area (Å²) in [4.78, 5) is 5.31. The Balaban J connectivity index is 1.28. The molecule has 2 saturated heterocycles. The van der Waals surface area contributed by atoms with Gasteiger partial charge in [0.1, 0.15) is 0 Å². The van der Waals surface area contributed by atoms with Crippen LogP contribution in [0.3, 0.4) is 0 Å². The Morgan fingerprint density at radius 2 is 1.40 bits per heavy atom. The van der Waals surface area contributed by atoms with E-state index in [0.29, 0.717) is 12.2 Å². The molecule has 3 rings (SSSR count). The zero-order valence-corrected chi connectivity index (χ0v) is 13.2. The summed E-state index contributed by atoms with van der Waals surface area (Å²) in [6, 6.07) is 0. The zero-order valence-electron chi connectivity index (χ0n) is 13.2. The van der Waals surface area contributed by atoms with Crippen molar-refractivity contribution in [1.82, 2.24) is 9.80 Å². The van der Waals surface area contributed by atoms with Gasteiger partial charge in [-0.1, -0.05) is 13.3 Å². The number of ether oxygens (including phenoxy) is 1. The fourth-order valence-corrected chi connectivity index (χ4v) is 3.95. The normalized spacial score (nSPS) is 34.0. The van der Waals surface area contributed by atoms with Gasteiger partial charge in [0, 0.05) is 26.2 Å². The second kappa shape index (κ2) is 7.24. The molecule has 116 valence electrons. The predicted octanol–water partition coefficient (Wildman–Crippen LogP) is 2.75. The molecule has 0 N–H and O–H groups in total. The third kappa shape index (κ3) is 4.19. The largest absolute Gasteiger partial charge is 0.375 e. The highest BCUT2D eigenvalue weighted by atomic mass is 16.5. The third-order valence-electron chi connectivity index (χ3n) is 5.43. The molecule has 2 aliphatic heterocycles. The van der Waals surface area contributed by atoms with E-state index >= 15 is 0 Å². The van der Waals surface area contributed by atoms with Crippen LogP contribution in [0.4, 0.5) is 0 Å². The van der Waals surface area contributed by atoms with Gasteiger partial charge in [0.05, 0.1) is 12.2 Å². The first-order valence-corrected chi connectivity index (χ1v) is 8.90. The van der Waals surface area contributed by atoms with Gasteiger partial charge in [-0.2, -0.15) is 0 Å². The molecule has 0 radical (unpaired) electrons. The summed E-state index contributed by atoms with van der Waals surface area (Å²) in [5.41, 5.74) is 0. The molecule has 3 heteroatoms. The Bertz CT molecular complexity index is 277. The van der Waals surface area contributed by atoms with Gasteiger partial charge in [-0.25, -0.2) is 0 Å². The number of hydrogen-bond acceptors (Lipinski definition) is 3. The van der Waals surface area contributed by atoms with Crippen molar-refractivity contribution in [3.8, 4) is 0 Å². The van der Waals surface area contributed by atoms with Crippen molar-refractivity contribution < 1.29 is 4.74 Å². The smallest absolute Gasteiger partial charge is 0.0603 e. The Labute approximate surface area is 124 Å². The first-order valence-electron chi connectivity index (χ1n) is 8.90. The molecule has 0 aromatic carbocycles. The summed E-state index contributed by atoms with van der Waals surface area (Å²) < 4.78 is 6.20. The van der Waals surface area contributed by atoms with Gasteiger partial charge in [0.15, 0.2) is 0 Å². The highest BCUT2D eigenvalue weighted by Gasteiger charge is 2.30. The van der Waals surface area contributed by atoms with E-state index in [1.165, 1.54) is 84.2 Å². The molecule has 1 saturated carbocycles. The SMILES string of the molecule is CC1CC(OC2CCN(CCN3CCCCC3)CC2)C1. The number of hydrogen-bond donors (Lipinski definition) is 0. The van der Waals surface area contributed by atoms with E-state index in [1.807, 2.05) is 0 Å². The van der Waals surface area contributed by atoms with E-state index in [2.05, 4.69) is 16.7 Å². The fourth-order valence-electron chi connectivity index (χ4n) is 3.95. The molecule has 20 heavy (non-hydrogen) atoms. The zero-order chi connectivity index (χ0) is 13.8. The molecule has 0 atom stereocenters. The third-order valence-corrected chi connectivity index (χ3v) is 5.43. The average Bonchev–Trinajstić information content (AvgIpc) is 2.46. The fraction of sp³-hybridized carbons (Fsp3) is 1.00. The maximum absolute atomic E-state index is 6.20. The Hall–Kier alpha value is -0.120. The van der Waals surface area contributed by atoms with Crippen LogP contribution in [0, 0.1) is 5.92 Å². The summed E-state index contributed by atoms with van der Waals surface area (Å²) in [6.45, 7) is 10.1. The monoisotopic (exact) mass is 280 g/mol. The van der Waals surface area contributed by atoms with Crippen molar-refractivity contribution in [2.24, 2.45) is 5.92 Å². The van der Waals surface area contributed by atoms with Crippen LogP contribution in [0.5, 0.6) is 0 Å². The van der Waals surface area contributed by atoms with E-state index < -0.39 is 0 Å². The molecule has 0 aromatic rings. The van der Waals surface area contributed by atoms with E-state index in [4.69, 9.17) is 4.74 Å². The lowest BCUT2D eigenvalue weighted by Crippen LogP contribution is -2.44. The number of nitrogens with zero attached hydrogens (tertiary/aromatic N) is 2. The number of rotatable bonds is 5. The minimum atomic E-state index is 0.554. The first kappa shape index (κ1) is 14.8. The second-order valence-corrected chi connectivity index (χ2v) is 7.28. The van der Waals surface area contributed by atoms with Crippen LogP contribution in [0.15, 0.2) is 0 Å². The van der Waals surface area contributed by atoms with Gasteiger partial charge in [-0.05, 0) is 57.5 Å².